The Morgan fingerprint density at radius 1 is 1.33 bits per heavy atom. The lowest BCUT2D eigenvalue weighted by Crippen LogP contribution is -2.25. The predicted octanol–water partition coefficient (Wildman–Crippen LogP) is 2.97. The molecule has 0 bridgehead atoms. The standard InChI is InChI=1S/C14H23N5O2/c1-5-15-14-16-10(4)12(19(20)21)13(18-14)17-11-7-6-8(2)9(11)3/h8-9,11H,5-7H2,1-4H3,(H2,15,16,17,18). The number of hydrogen-bond acceptors (Lipinski definition) is 6. The molecule has 1 aliphatic carbocycles. The predicted molar refractivity (Wildman–Crippen MR) is 82.6 cm³/mol. The van der Waals surface area contributed by atoms with Crippen molar-refractivity contribution in [3.05, 3.63) is 15.8 Å². The lowest BCUT2D eigenvalue weighted by molar-refractivity contribution is -0.385. The van der Waals surface area contributed by atoms with Crippen LogP contribution in [0.5, 0.6) is 0 Å². The van der Waals surface area contributed by atoms with E-state index in [4.69, 9.17) is 0 Å². The van der Waals surface area contributed by atoms with Crippen LogP contribution in [0.15, 0.2) is 0 Å². The van der Waals surface area contributed by atoms with Crippen LogP contribution in [0.1, 0.15) is 39.3 Å². The first-order valence-electron chi connectivity index (χ1n) is 7.47. The van der Waals surface area contributed by atoms with E-state index in [0.717, 1.165) is 12.8 Å². The van der Waals surface area contributed by atoms with E-state index in [0.29, 0.717) is 35.8 Å². The van der Waals surface area contributed by atoms with Crippen LogP contribution in [0, 0.1) is 28.9 Å². The van der Waals surface area contributed by atoms with Crippen molar-refractivity contribution >= 4 is 17.5 Å². The number of aromatic nitrogens is 2. The summed E-state index contributed by atoms with van der Waals surface area (Å²) in [5, 5.41) is 17.6. The van der Waals surface area contributed by atoms with Gasteiger partial charge >= 0.3 is 5.69 Å². The average Bonchev–Trinajstić information content (AvgIpc) is 2.70. The molecule has 7 heteroatoms. The third-order valence-corrected chi connectivity index (χ3v) is 4.36. The van der Waals surface area contributed by atoms with Gasteiger partial charge in [-0.2, -0.15) is 4.98 Å². The van der Waals surface area contributed by atoms with E-state index in [2.05, 4.69) is 34.4 Å². The molecule has 3 unspecified atom stereocenters. The summed E-state index contributed by atoms with van der Waals surface area (Å²) < 4.78 is 0. The Morgan fingerprint density at radius 2 is 2.05 bits per heavy atom. The topological polar surface area (TPSA) is 93.0 Å². The van der Waals surface area contributed by atoms with Gasteiger partial charge in [0.05, 0.1) is 4.92 Å². The fourth-order valence-corrected chi connectivity index (χ4v) is 2.87. The second-order valence-corrected chi connectivity index (χ2v) is 5.78. The second-order valence-electron chi connectivity index (χ2n) is 5.78. The first-order chi connectivity index (χ1) is 9.93. The Morgan fingerprint density at radius 3 is 2.57 bits per heavy atom. The van der Waals surface area contributed by atoms with Gasteiger partial charge in [-0.15, -0.1) is 0 Å². The Bertz CT molecular complexity index is 534. The van der Waals surface area contributed by atoms with Crippen LogP contribution in [0.3, 0.4) is 0 Å². The number of aryl methyl sites for hydroxylation is 1. The molecule has 2 rings (SSSR count). The Balaban J connectivity index is 2.33. The van der Waals surface area contributed by atoms with Crippen LogP contribution in [-0.2, 0) is 0 Å². The molecule has 21 heavy (non-hydrogen) atoms. The minimum atomic E-state index is -0.406. The molecule has 116 valence electrons. The summed E-state index contributed by atoms with van der Waals surface area (Å²) in [6, 6.07) is 0.225. The van der Waals surface area contributed by atoms with E-state index >= 15 is 0 Å². The van der Waals surface area contributed by atoms with Crippen molar-refractivity contribution in [2.45, 2.75) is 46.6 Å². The first kappa shape index (κ1) is 15.5. The van der Waals surface area contributed by atoms with Crippen LogP contribution < -0.4 is 10.6 Å². The SMILES string of the molecule is CCNc1nc(C)c([N+](=O)[O-])c(NC2CCC(C)C2C)n1. The summed E-state index contributed by atoms with van der Waals surface area (Å²) >= 11 is 0. The zero-order valence-electron chi connectivity index (χ0n) is 13.0. The number of nitro groups is 1. The minimum absolute atomic E-state index is 0.0246. The van der Waals surface area contributed by atoms with Crippen LogP contribution in [0.4, 0.5) is 17.5 Å². The van der Waals surface area contributed by atoms with Gasteiger partial charge in [-0.3, -0.25) is 10.1 Å². The number of rotatable bonds is 5. The highest BCUT2D eigenvalue weighted by Crippen LogP contribution is 2.35. The molecule has 2 N–H and O–H groups in total. The van der Waals surface area contributed by atoms with Gasteiger partial charge in [0.1, 0.15) is 5.69 Å². The highest BCUT2D eigenvalue weighted by Gasteiger charge is 2.32. The van der Waals surface area contributed by atoms with Gasteiger partial charge < -0.3 is 10.6 Å². The molecule has 0 saturated heterocycles. The van der Waals surface area contributed by atoms with Crippen molar-refractivity contribution in [3.63, 3.8) is 0 Å². The summed E-state index contributed by atoms with van der Waals surface area (Å²) in [6.07, 6.45) is 2.15. The quantitative estimate of drug-likeness (QED) is 0.640. The molecule has 1 heterocycles. The van der Waals surface area contributed by atoms with Crippen molar-refractivity contribution in [1.82, 2.24) is 9.97 Å². The van der Waals surface area contributed by atoms with E-state index in [-0.39, 0.29) is 11.7 Å². The molecule has 0 amide bonds. The van der Waals surface area contributed by atoms with Crippen molar-refractivity contribution in [2.24, 2.45) is 11.8 Å². The molecular formula is C14H23N5O2. The third kappa shape index (κ3) is 3.22. The smallest absolute Gasteiger partial charge is 0.332 e. The summed E-state index contributed by atoms with van der Waals surface area (Å²) in [6.45, 7) is 8.66. The van der Waals surface area contributed by atoms with Crippen molar-refractivity contribution in [1.29, 1.82) is 0 Å². The van der Waals surface area contributed by atoms with E-state index in [9.17, 15) is 10.1 Å². The molecule has 1 saturated carbocycles. The van der Waals surface area contributed by atoms with E-state index < -0.39 is 4.92 Å². The fourth-order valence-electron chi connectivity index (χ4n) is 2.87. The Hall–Kier alpha value is -1.92. The molecule has 0 spiro atoms. The summed E-state index contributed by atoms with van der Waals surface area (Å²) in [5.41, 5.74) is 0.357. The van der Waals surface area contributed by atoms with Crippen molar-refractivity contribution < 1.29 is 4.92 Å². The van der Waals surface area contributed by atoms with Gasteiger partial charge in [0.2, 0.25) is 11.8 Å². The lowest BCUT2D eigenvalue weighted by Gasteiger charge is -2.20. The summed E-state index contributed by atoms with van der Waals surface area (Å²) in [5.74, 6) is 1.86. The maximum atomic E-state index is 11.3. The molecule has 1 fully saturated rings. The normalized spacial score (nSPS) is 24.9. The lowest BCUT2D eigenvalue weighted by atomic mass is 9.98. The van der Waals surface area contributed by atoms with Crippen LogP contribution >= 0.6 is 0 Å². The average molecular weight is 293 g/mol. The Kier molecular flexibility index (Phi) is 4.59. The maximum absolute atomic E-state index is 11.3. The molecule has 0 aromatic carbocycles. The number of hydrogen-bond donors (Lipinski definition) is 2. The largest absolute Gasteiger partial charge is 0.361 e. The zero-order chi connectivity index (χ0) is 15.6. The monoisotopic (exact) mass is 293 g/mol. The molecule has 7 nitrogen and oxygen atoms in total. The second kappa shape index (κ2) is 6.24. The highest BCUT2D eigenvalue weighted by molar-refractivity contribution is 5.61. The van der Waals surface area contributed by atoms with Crippen molar-refractivity contribution in [2.75, 3.05) is 17.2 Å². The zero-order valence-corrected chi connectivity index (χ0v) is 13.0. The maximum Gasteiger partial charge on any atom is 0.332 e. The summed E-state index contributed by atoms with van der Waals surface area (Å²) in [7, 11) is 0. The van der Waals surface area contributed by atoms with Gasteiger partial charge in [-0.1, -0.05) is 13.8 Å². The van der Waals surface area contributed by atoms with E-state index in [1.165, 1.54) is 0 Å². The Labute approximate surface area is 124 Å². The van der Waals surface area contributed by atoms with Gasteiger partial charge in [0.25, 0.3) is 0 Å². The molecule has 1 aliphatic rings. The fraction of sp³-hybridized carbons (Fsp3) is 0.714. The summed E-state index contributed by atoms with van der Waals surface area (Å²) in [4.78, 5) is 19.3. The number of anilines is 2. The number of nitrogens with one attached hydrogen (secondary N) is 2. The molecule has 0 aliphatic heterocycles. The molecular weight excluding hydrogens is 270 g/mol. The van der Waals surface area contributed by atoms with E-state index in [1.54, 1.807) is 6.92 Å². The van der Waals surface area contributed by atoms with Gasteiger partial charge in [0, 0.05) is 12.6 Å². The van der Waals surface area contributed by atoms with Gasteiger partial charge in [-0.25, -0.2) is 4.98 Å². The molecule has 3 atom stereocenters. The van der Waals surface area contributed by atoms with Crippen LogP contribution in [0.2, 0.25) is 0 Å². The van der Waals surface area contributed by atoms with Gasteiger partial charge in [0.15, 0.2) is 0 Å². The van der Waals surface area contributed by atoms with Gasteiger partial charge in [-0.05, 0) is 38.5 Å². The molecule has 0 radical (unpaired) electrons. The first-order valence-corrected chi connectivity index (χ1v) is 7.47. The van der Waals surface area contributed by atoms with Crippen LogP contribution in [-0.4, -0.2) is 27.5 Å². The number of nitrogens with zero attached hydrogens (tertiary/aromatic N) is 3. The molecule has 1 aromatic heterocycles. The highest BCUT2D eigenvalue weighted by atomic mass is 16.6. The van der Waals surface area contributed by atoms with Crippen molar-refractivity contribution in [3.8, 4) is 0 Å². The van der Waals surface area contributed by atoms with E-state index in [1.807, 2.05) is 6.92 Å². The van der Waals surface area contributed by atoms with Crippen LogP contribution in [0.25, 0.3) is 0 Å². The minimum Gasteiger partial charge on any atom is -0.361 e. The third-order valence-electron chi connectivity index (χ3n) is 4.36. The molecule has 1 aromatic rings.